The van der Waals surface area contributed by atoms with E-state index in [4.69, 9.17) is 4.42 Å². The number of benzene rings is 8. The normalized spacial score (nSPS) is 12.5. The number of nitrogens with zero attached hydrogens (tertiary/aromatic N) is 2. The van der Waals surface area contributed by atoms with Gasteiger partial charge >= 0.3 is 0 Å². The molecule has 0 saturated carbocycles. The first-order valence-corrected chi connectivity index (χ1v) is 16.9. The number of furan rings is 1. The first-order valence-electron chi connectivity index (χ1n) is 16.9. The summed E-state index contributed by atoms with van der Waals surface area (Å²) in [5.41, 5.74) is 14.1. The molecule has 3 heterocycles. The van der Waals surface area contributed by atoms with Crippen LogP contribution in [0.4, 0.5) is 0 Å². The van der Waals surface area contributed by atoms with Crippen LogP contribution in [-0.2, 0) is 0 Å². The van der Waals surface area contributed by atoms with Crippen LogP contribution in [0.3, 0.4) is 0 Å². The lowest BCUT2D eigenvalue weighted by molar-refractivity contribution is 0.669. The highest BCUT2D eigenvalue weighted by Gasteiger charge is 2.25. The zero-order valence-corrected chi connectivity index (χ0v) is 26.3. The van der Waals surface area contributed by atoms with Crippen molar-refractivity contribution in [3.63, 3.8) is 0 Å². The van der Waals surface area contributed by atoms with E-state index in [-0.39, 0.29) is 0 Å². The molecule has 226 valence electrons. The van der Waals surface area contributed by atoms with E-state index in [0.29, 0.717) is 0 Å². The van der Waals surface area contributed by atoms with Gasteiger partial charge in [0.05, 0.1) is 27.5 Å². The molecule has 1 aliphatic rings. The number of hydrogen-bond acceptors (Lipinski definition) is 1. The van der Waals surface area contributed by atoms with Crippen molar-refractivity contribution in [1.29, 1.82) is 0 Å². The minimum absolute atomic E-state index is 0.904. The molecule has 1 aliphatic carbocycles. The van der Waals surface area contributed by atoms with Gasteiger partial charge in [0.1, 0.15) is 11.2 Å². The molecule has 3 heteroatoms. The van der Waals surface area contributed by atoms with Gasteiger partial charge in [-0.25, -0.2) is 0 Å². The Labute approximate surface area is 280 Å². The Morgan fingerprint density at radius 3 is 1.92 bits per heavy atom. The number of rotatable bonds is 2. The van der Waals surface area contributed by atoms with Crippen molar-refractivity contribution >= 4 is 76.3 Å². The van der Waals surface area contributed by atoms with E-state index in [9.17, 15) is 0 Å². The highest BCUT2D eigenvalue weighted by Crippen LogP contribution is 2.49. The third-order valence-corrected chi connectivity index (χ3v) is 10.8. The molecule has 12 rings (SSSR count). The lowest BCUT2D eigenvalue weighted by Crippen LogP contribution is -1.96. The molecule has 8 aromatic carbocycles. The molecule has 0 amide bonds. The van der Waals surface area contributed by atoms with E-state index in [0.717, 1.165) is 27.6 Å². The number of para-hydroxylation sites is 3. The molecule has 0 fully saturated rings. The highest BCUT2D eigenvalue weighted by molar-refractivity contribution is 6.31. The Morgan fingerprint density at radius 1 is 0.347 bits per heavy atom. The van der Waals surface area contributed by atoms with Crippen LogP contribution in [0.2, 0.25) is 0 Å². The van der Waals surface area contributed by atoms with Gasteiger partial charge in [-0.15, -0.1) is 0 Å². The molecule has 3 nitrogen and oxygen atoms in total. The van der Waals surface area contributed by atoms with E-state index in [1.54, 1.807) is 0 Å². The fourth-order valence-electron chi connectivity index (χ4n) is 8.88. The van der Waals surface area contributed by atoms with Gasteiger partial charge in [-0.05, 0) is 87.6 Å². The van der Waals surface area contributed by atoms with Crippen molar-refractivity contribution in [2.45, 2.75) is 0 Å². The Bertz CT molecular complexity index is 3200. The van der Waals surface area contributed by atoms with E-state index < -0.39 is 0 Å². The monoisotopic (exact) mass is 622 g/mol. The maximum absolute atomic E-state index is 6.43. The van der Waals surface area contributed by atoms with Gasteiger partial charge in [-0.1, -0.05) is 103 Å². The van der Waals surface area contributed by atoms with Crippen LogP contribution in [0.1, 0.15) is 0 Å². The van der Waals surface area contributed by atoms with Gasteiger partial charge in [-0.3, -0.25) is 0 Å². The zero-order valence-electron chi connectivity index (χ0n) is 26.3. The lowest BCUT2D eigenvalue weighted by atomic mass is 10.0. The molecule has 0 spiro atoms. The maximum Gasteiger partial charge on any atom is 0.137 e. The van der Waals surface area contributed by atoms with Gasteiger partial charge in [0.25, 0.3) is 0 Å². The molecule has 0 unspecified atom stereocenters. The SMILES string of the molecule is c1ccc(-n2c3c(ccc4oc5ccccc5c43)c3ccc4c(c5ccccc5n4-c4ccc5c(c4)-c4cccc6cccc-5c46)c32)cc1. The molecular formula is C46H26N2O. The topological polar surface area (TPSA) is 23.0 Å². The summed E-state index contributed by atoms with van der Waals surface area (Å²) in [4.78, 5) is 0. The molecule has 0 atom stereocenters. The number of hydrogen-bond donors (Lipinski definition) is 0. The molecule has 0 saturated heterocycles. The molecule has 0 bridgehead atoms. The summed E-state index contributed by atoms with van der Waals surface area (Å²) >= 11 is 0. The number of aromatic nitrogens is 2. The summed E-state index contributed by atoms with van der Waals surface area (Å²) in [6, 6.07) is 57.5. The molecule has 0 aliphatic heterocycles. The van der Waals surface area contributed by atoms with Crippen molar-refractivity contribution < 1.29 is 4.42 Å². The third-order valence-electron chi connectivity index (χ3n) is 10.8. The second-order valence-corrected chi connectivity index (χ2v) is 13.3. The molecular weight excluding hydrogens is 597 g/mol. The smallest absolute Gasteiger partial charge is 0.137 e. The Kier molecular flexibility index (Phi) is 4.72. The predicted octanol–water partition coefficient (Wildman–Crippen LogP) is 12.6. The van der Waals surface area contributed by atoms with E-state index in [2.05, 4.69) is 161 Å². The molecule has 3 aromatic heterocycles. The van der Waals surface area contributed by atoms with Crippen molar-refractivity contribution in [1.82, 2.24) is 9.13 Å². The summed E-state index contributed by atoms with van der Waals surface area (Å²) in [7, 11) is 0. The fraction of sp³-hybridized carbons (Fsp3) is 0. The summed E-state index contributed by atoms with van der Waals surface area (Å²) in [6.45, 7) is 0. The lowest BCUT2D eigenvalue weighted by Gasteiger charge is -2.12. The van der Waals surface area contributed by atoms with Crippen LogP contribution in [0.15, 0.2) is 162 Å². The van der Waals surface area contributed by atoms with Gasteiger partial charge < -0.3 is 13.6 Å². The Hall–Kier alpha value is -6.58. The van der Waals surface area contributed by atoms with Gasteiger partial charge in [-0.2, -0.15) is 0 Å². The van der Waals surface area contributed by atoms with E-state index in [1.807, 2.05) is 6.07 Å². The minimum atomic E-state index is 0.904. The maximum atomic E-state index is 6.43. The predicted molar refractivity (Wildman–Crippen MR) is 204 cm³/mol. The molecule has 0 radical (unpaired) electrons. The fourth-order valence-corrected chi connectivity index (χ4v) is 8.88. The highest BCUT2D eigenvalue weighted by atomic mass is 16.3. The van der Waals surface area contributed by atoms with E-state index >= 15 is 0 Å². The standard InChI is InChI=1S/C46H26N2O/c1-2-12-28(13-3-1)48-45-33(34-23-25-41-44(46(34)48)36-15-5-7-19-40(36)49-41)22-24-39-43(45)35-14-4-6-18-38(35)47(39)29-20-21-30-31-16-8-10-27-11-9-17-32(42(27)31)37(30)26-29/h1-26H. The largest absolute Gasteiger partial charge is 0.456 e. The van der Waals surface area contributed by atoms with Crippen LogP contribution in [0.25, 0.3) is 110 Å². The molecule has 0 N–H and O–H groups in total. The zero-order chi connectivity index (χ0) is 31.8. The van der Waals surface area contributed by atoms with Crippen molar-refractivity contribution in [3.05, 3.63) is 158 Å². The average molecular weight is 623 g/mol. The first kappa shape index (κ1) is 25.5. The molecule has 49 heavy (non-hydrogen) atoms. The summed E-state index contributed by atoms with van der Waals surface area (Å²) in [5, 5.41) is 9.87. The minimum Gasteiger partial charge on any atom is -0.456 e. The summed E-state index contributed by atoms with van der Waals surface area (Å²) in [6.07, 6.45) is 0. The number of fused-ring (bicyclic) bond motifs is 14. The van der Waals surface area contributed by atoms with Gasteiger partial charge in [0, 0.05) is 38.3 Å². The average Bonchev–Trinajstić information content (AvgIpc) is 3.89. The first-order chi connectivity index (χ1) is 24.3. The van der Waals surface area contributed by atoms with Crippen LogP contribution >= 0.6 is 0 Å². The van der Waals surface area contributed by atoms with E-state index in [1.165, 1.54) is 82.3 Å². The van der Waals surface area contributed by atoms with Crippen LogP contribution in [-0.4, -0.2) is 9.13 Å². The molecule has 11 aromatic rings. The second-order valence-electron chi connectivity index (χ2n) is 13.3. The quantitative estimate of drug-likeness (QED) is 0.188. The van der Waals surface area contributed by atoms with Gasteiger partial charge in [0.2, 0.25) is 0 Å². The summed E-state index contributed by atoms with van der Waals surface area (Å²) in [5.74, 6) is 0. The third kappa shape index (κ3) is 3.17. The second kappa shape index (κ2) is 9.06. The van der Waals surface area contributed by atoms with Crippen molar-refractivity contribution in [3.8, 4) is 33.6 Å². The van der Waals surface area contributed by atoms with Crippen molar-refractivity contribution in [2.24, 2.45) is 0 Å². The summed E-state index contributed by atoms with van der Waals surface area (Å²) < 4.78 is 11.4. The van der Waals surface area contributed by atoms with Crippen molar-refractivity contribution in [2.75, 3.05) is 0 Å². The van der Waals surface area contributed by atoms with Crippen LogP contribution < -0.4 is 0 Å². The Morgan fingerprint density at radius 2 is 1.06 bits per heavy atom. The van der Waals surface area contributed by atoms with Crippen LogP contribution in [0.5, 0.6) is 0 Å². The van der Waals surface area contributed by atoms with Gasteiger partial charge in [0.15, 0.2) is 0 Å². The Balaban J connectivity index is 1.25. The van der Waals surface area contributed by atoms with Crippen LogP contribution in [0, 0.1) is 0 Å².